The van der Waals surface area contributed by atoms with Gasteiger partial charge in [-0.15, -0.1) is 0 Å². The Morgan fingerprint density at radius 2 is 1.88 bits per heavy atom. The van der Waals surface area contributed by atoms with E-state index >= 15 is 0 Å². The van der Waals surface area contributed by atoms with E-state index in [0.717, 1.165) is 54.0 Å². The maximum atomic E-state index is 13.4. The molecule has 34 heavy (non-hydrogen) atoms. The highest BCUT2D eigenvalue weighted by Crippen LogP contribution is 2.34. The number of rotatable bonds is 5. The predicted molar refractivity (Wildman–Crippen MR) is 128 cm³/mol. The Labute approximate surface area is 200 Å². The zero-order chi connectivity index (χ0) is 23.9. The number of carbonyl (C=O) groups is 1. The van der Waals surface area contributed by atoms with Crippen molar-refractivity contribution in [2.45, 2.75) is 23.8 Å². The molecule has 0 aliphatic carbocycles. The highest BCUT2D eigenvalue weighted by molar-refractivity contribution is 7.92. The predicted octanol–water partition coefficient (Wildman–Crippen LogP) is 5.13. The molecule has 1 fully saturated rings. The highest BCUT2D eigenvalue weighted by Gasteiger charge is 2.33. The van der Waals surface area contributed by atoms with Crippen molar-refractivity contribution in [2.24, 2.45) is 0 Å². The molecule has 1 saturated heterocycles. The van der Waals surface area contributed by atoms with Crippen LogP contribution in [0.25, 0.3) is 11.0 Å². The molecule has 0 saturated carbocycles. The van der Waals surface area contributed by atoms with Crippen molar-refractivity contribution in [3.05, 3.63) is 89.0 Å². The van der Waals surface area contributed by atoms with E-state index < -0.39 is 15.8 Å². The second kappa shape index (κ2) is 8.73. The summed E-state index contributed by atoms with van der Waals surface area (Å²) in [6.45, 7) is 0.555. The van der Waals surface area contributed by atoms with E-state index in [1.807, 2.05) is 24.3 Å². The van der Waals surface area contributed by atoms with Gasteiger partial charge in [0.1, 0.15) is 11.6 Å². The SMILES string of the molecule is O=C(c1ccc(Cl)c(NS(=O)(=O)c2ccc(F)cc2)c1)N1CCCC1c1nc2ccccc2[nH]1. The first-order chi connectivity index (χ1) is 16.3. The molecule has 174 valence electrons. The van der Waals surface area contributed by atoms with Crippen molar-refractivity contribution in [1.82, 2.24) is 14.9 Å². The molecule has 2 heterocycles. The van der Waals surface area contributed by atoms with E-state index in [-0.39, 0.29) is 27.6 Å². The minimum absolute atomic E-state index is 0.0660. The number of aromatic nitrogens is 2. The summed E-state index contributed by atoms with van der Waals surface area (Å²) >= 11 is 6.22. The number of anilines is 1. The Bertz CT molecular complexity index is 1450. The van der Waals surface area contributed by atoms with Gasteiger partial charge >= 0.3 is 0 Å². The van der Waals surface area contributed by atoms with E-state index in [9.17, 15) is 17.6 Å². The molecule has 1 atom stereocenters. The lowest BCUT2D eigenvalue weighted by atomic mass is 10.1. The van der Waals surface area contributed by atoms with Gasteiger partial charge in [0.15, 0.2) is 0 Å². The Morgan fingerprint density at radius 1 is 1.12 bits per heavy atom. The molecule has 1 amide bonds. The Balaban J connectivity index is 1.42. The topological polar surface area (TPSA) is 95.2 Å². The number of aromatic amines is 1. The summed E-state index contributed by atoms with van der Waals surface area (Å²) in [7, 11) is -4.02. The second-order valence-electron chi connectivity index (χ2n) is 8.05. The molecule has 3 aromatic carbocycles. The lowest BCUT2D eigenvalue weighted by Crippen LogP contribution is -2.31. The van der Waals surface area contributed by atoms with Gasteiger partial charge in [0.05, 0.1) is 32.7 Å². The largest absolute Gasteiger partial charge is 0.340 e. The summed E-state index contributed by atoms with van der Waals surface area (Å²) in [6.07, 6.45) is 1.59. The summed E-state index contributed by atoms with van der Waals surface area (Å²) in [4.78, 5) is 23.0. The van der Waals surface area contributed by atoms with Gasteiger partial charge in [0.25, 0.3) is 15.9 Å². The van der Waals surface area contributed by atoms with Crippen LogP contribution in [0.5, 0.6) is 0 Å². The van der Waals surface area contributed by atoms with Crippen molar-refractivity contribution in [1.29, 1.82) is 0 Å². The van der Waals surface area contributed by atoms with Gasteiger partial charge in [-0.05, 0) is 67.4 Å². The van der Waals surface area contributed by atoms with Crippen LogP contribution in [-0.4, -0.2) is 35.7 Å². The van der Waals surface area contributed by atoms with Gasteiger partial charge in [-0.3, -0.25) is 9.52 Å². The quantitative estimate of drug-likeness (QED) is 0.398. The van der Waals surface area contributed by atoms with Crippen molar-refractivity contribution >= 4 is 44.3 Å². The van der Waals surface area contributed by atoms with Gasteiger partial charge in [0, 0.05) is 12.1 Å². The fourth-order valence-electron chi connectivity index (χ4n) is 4.14. The number of nitrogens with zero attached hydrogens (tertiary/aromatic N) is 2. The maximum absolute atomic E-state index is 13.4. The number of amides is 1. The minimum atomic E-state index is -4.02. The van der Waals surface area contributed by atoms with E-state index in [4.69, 9.17) is 11.6 Å². The maximum Gasteiger partial charge on any atom is 0.261 e. The van der Waals surface area contributed by atoms with Crippen molar-refractivity contribution in [2.75, 3.05) is 11.3 Å². The van der Waals surface area contributed by atoms with Crippen LogP contribution in [0.2, 0.25) is 5.02 Å². The summed E-state index contributed by atoms with van der Waals surface area (Å²) in [5.41, 5.74) is 2.10. The zero-order valence-corrected chi connectivity index (χ0v) is 19.4. The first-order valence-corrected chi connectivity index (χ1v) is 12.5. The molecule has 0 bridgehead atoms. The van der Waals surface area contributed by atoms with Crippen LogP contribution in [0.3, 0.4) is 0 Å². The van der Waals surface area contributed by atoms with Crippen molar-refractivity contribution in [3.8, 4) is 0 Å². The fraction of sp³-hybridized carbons (Fsp3) is 0.167. The Morgan fingerprint density at radius 3 is 2.65 bits per heavy atom. The molecule has 1 aromatic heterocycles. The molecule has 10 heteroatoms. The van der Waals surface area contributed by atoms with Crippen molar-refractivity contribution in [3.63, 3.8) is 0 Å². The number of likely N-dealkylation sites (tertiary alicyclic amines) is 1. The van der Waals surface area contributed by atoms with Gasteiger partial charge < -0.3 is 9.88 Å². The summed E-state index contributed by atoms with van der Waals surface area (Å²) in [5.74, 6) is -0.0747. The summed E-state index contributed by atoms with van der Waals surface area (Å²) < 4.78 is 41.0. The number of hydrogen-bond acceptors (Lipinski definition) is 4. The summed E-state index contributed by atoms with van der Waals surface area (Å²) in [6, 6.07) is 16.3. The standard InChI is InChI=1S/C24H20ClFN4O3S/c25-18-12-7-15(14-21(18)29-34(32,33)17-10-8-16(26)9-11-17)24(31)30-13-3-6-22(30)23-27-19-4-1-2-5-20(19)28-23/h1-2,4-5,7-12,14,22,29H,3,6,13H2,(H,27,28). The van der Waals surface area contributed by atoms with E-state index in [1.54, 1.807) is 11.0 Å². The Hall–Kier alpha value is -3.43. The second-order valence-corrected chi connectivity index (χ2v) is 10.1. The van der Waals surface area contributed by atoms with Crippen LogP contribution in [0.1, 0.15) is 35.1 Å². The normalized spacial score (nSPS) is 16.2. The first kappa shape index (κ1) is 22.4. The first-order valence-electron chi connectivity index (χ1n) is 10.7. The molecule has 7 nitrogen and oxygen atoms in total. The molecule has 1 unspecified atom stereocenters. The molecular formula is C24H20ClFN4O3S. The lowest BCUT2D eigenvalue weighted by molar-refractivity contribution is 0.0730. The van der Waals surface area contributed by atoms with Gasteiger partial charge in [-0.2, -0.15) is 0 Å². The number of fused-ring (bicyclic) bond motifs is 1. The van der Waals surface area contributed by atoms with Gasteiger partial charge in [-0.25, -0.2) is 17.8 Å². The van der Waals surface area contributed by atoms with Crippen LogP contribution in [0, 0.1) is 5.82 Å². The third-order valence-corrected chi connectivity index (χ3v) is 7.53. The average molecular weight is 499 g/mol. The number of halogens is 2. The molecule has 2 N–H and O–H groups in total. The lowest BCUT2D eigenvalue weighted by Gasteiger charge is -2.23. The molecule has 1 aliphatic heterocycles. The smallest absolute Gasteiger partial charge is 0.261 e. The third kappa shape index (κ3) is 4.24. The van der Waals surface area contributed by atoms with Crippen molar-refractivity contribution < 1.29 is 17.6 Å². The number of para-hydroxylation sites is 2. The van der Waals surface area contributed by atoms with Crippen LogP contribution >= 0.6 is 11.6 Å². The molecule has 0 spiro atoms. The summed E-state index contributed by atoms with van der Waals surface area (Å²) in [5, 5.41) is 0.137. The molecule has 4 aromatic rings. The van der Waals surface area contributed by atoms with Crippen LogP contribution < -0.4 is 4.72 Å². The zero-order valence-electron chi connectivity index (χ0n) is 17.8. The molecule has 1 aliphatic rings. The molecule has 5 rings (SSSR count). The fourth-order valence-corrected chi connectivity index (χ4v) is 5.44. The number of imidazole rings is 1. The monoisotopic (exact) mass is 498 g/mol. The molecule has 0 radical (unpaired) electrons. The van der Waals surface area contributed by atoms with E-state index in [1.165, 1.54) is 12.1 Å². The van der Waals surface area contributed by atoms with E-state index in [0.29, 0.717) is 12.1 Å². The molecular weight excluding hydrogens is 479 g/mol. The number of hydrogen-bond donors (Lipinski definition) is 2. The van der Waals surface area contributed by atoms with Crippen LogP contribution in [0.15, 0.2) is 71.6 Å². The van der Waals surface area contributed by atoms with Gasteiger partial charge in [0.2, 0.25) is 0 Å². The average Bonchev–Trinajstić information content (AvgIpc) is 3.47. The number of carbonyl (C=O) groups excluding carboxylic acids is 1. The van der Waals surface area contributed by atoms with Gasteiger partial charge in [-0.1, -0.05) is 23.7 Å². The highest BCUT2D eigenvalue weighted by atomic mass is 35.5. The number of sulfonamides is 1. The van der Waals surface area contributed by atoms with Crippen LogP contribution in [0.4, 0.5) is 10.1 Å². The van der Waals surface area contributed by atoms with Crippen LogP contribution in [-0.2, 0) is 10.0 Å². The Kier molecular flexibility index (Phi) is 5.75. The van der Waals surface area contributed by atoms with E-state index in [2.05, 4.69) is 14.7 Å². The number of nitrogens with one attached hydrogen (secondary N) is 2. The third-order valence-electron chi connectivity index (χ3n) is 5.82. The minimum Gasteiger partial charge on any atom is -0.340 e. The number of benzene rings is 3. The number of H-pyrrole nitrogens is 1.